The van der Waals surface area contributed by atoms with Crippen LogP contribution in [0.3, 0.4) is 0 Å². The Morgan fingerprint density at radius 3 is 1.65 bits per heavy atom. The predicted molar refractivity (Wildman–Crippen MR) is 132 cm³/mol. The molecule has 0 amide bonds. The van der Waals surface area contributed by atoms with Gasteiger partial charge in [0.2, 0.25) is 0 Å². The lowest BCUT2D eigenvalue weighted by Crippen LogP contribution is -2.06. The van der Waals surface area contributed by atoms with E-state index < -0.39 is 0 Å². The zero-order valence-corrected chi connectivity index (χ0v) is 18.6. The van der Waals surface area contributed by atoms with Crippen molar-refractivity contribution in [2.75, 3.05) is 6.26 Å². The lowest BCUT2D eigenvalue weighted by Gasteiger charge is -2.13. The highest BCUT2D eigenvalue weighted by Crippen LogP contribution is 2.28. The molecular weight excluding hydrogens is 396 g/mol. The molecule has 1 heterocycles. The van der Waals surface area contributed by atoms with Gasteiger partial charge in [-0.1, -0.05) is 84.9 Å². The molecule has 0 bridgehead atoms. The molecule has 5 aromatic rings. The van der Waals surface area contributed by atoms with Gasteiger partial charge in [0.05, 0.1) is 11.4 Å². The van der Waals surface area contributed by atoms with E-state index in [1.165, 1.54) is 43.1 Å². The number of aromatic nitrogens is 2. The van der Waals surface area contributed by atoms with Gasteiger partial charge in [0, 0.05) is 17.7 Å². The average Bonchev–Trinajstić information content (AvgIpc) is 2.81. The summed E-state index contributed by atoms with van der Waals surface area (Å²) < 4.78 is 0. The number of nitrogens with zero attached hydrogens (tertiary/aromatic N) is 2. The quantitative estimate of drug-likeness (QED) is 0.286. The van der Waals surface area contributed by atoms with E-state index in [1.807, 2.05) is 0 Å². The van der Waals surface area contributed by atoms with Crippen LogP contribution in [0, 0.1) is 6.92 Å². The minimum Gasteiger partial charge on any atom is -0.155 e. The van der Waals surface area contributed by atoms with Crippen LogP contribution < -0.4 is 0 Å². The fourth-order valence-electron chi connectivity index (χ4n) is 4.23. The van der Waals surface area contributed by atoms with E-state index in [1.54, 1.807) is 11.8 Å². The van der Waals surface area contributed by atoms with Crippen LogP contribution in [-0.4, -0.2) is 16.5 Å². The first-order valence-corrected chi connectivity index (χ1v) is 11.8. The summed E-state index contributed by atoms with van der Waals surface area (Å²) >= 11 is 1.77. The molecule has 0 atom stereocenters. The van der Waals surface area contributed by atoms with Crippen molar-refractivity contribution in [1.29, 1.82) is 0 Å². The minimum absolute atomic E-state index is 0.797. The van der Waals surface area contributed by atoms with Crippen LogP contribution in [-0.2, 0) is 12.8 Å². The monoisotopic (exact) mass is 420 g/mol. The van der Waals surface area contributed by atoms with E-state index in [4.69, 9.17) is 0 Å². The second-order valence-electron chi connectivity index (χ2n) is 7.97. The zero-order valence-electron chi connectivity index (χ0n) is 17.8. The Labute approximate surface area is 187 Å². The number of thioether (sulfide) groups is 1. The van der Waals surface area contributed by atoms with Crippen LogP contribution in [0.1, 0.15) is 28.1 Å². The molecule has 1 aromatic heterocycles. The van der Waals surface area contributed by atoms with Gasteiger partial charge in [0.1, 0.15) is 0 Å². The van der Waals surface area contributed by atoms with Crippen molar-refractivity contribution in [3.8, 4) is 0 Å². The molecule has 0 saturated carbocycles. The third kappa shape index (κ3) is 4.06. The zero-order chi connectivity index (χ0) is 21.2. The van der Waals surface area contributed by atoms with Crippen molar-refractivity contribution in [2.24, 2.45) is 0 Å². The first kappa shape index (κ1) is 19.8. The molecule has 0 fully saturated rings. The van der Waals surface area contributed by atoms with Crippen molar-refractivity contribution < 1.29 is 0 Å². The molecule has 0 aliphatic heterocycles. The third-order valence-electron chi connectivity index (χ3n) is 5.90. The molecule has 0 unspecified atom stereocenters. The lowest BCUT2D eigenvalue weighted by atomic mass is 10.0. The maximum Gasteiger partial charge on any atom is 0.0813 e. The summed E-state index contributed by atoms with van der Waals surface area (Å²) in [5.74, 6) is 0. The summed E-state index contributed by atoms with van der Waals surface area (Å²) in [6.07, 6.45) is 3.73. The molecule has 0 aliphatic carbocycles. The van der Waals surface area contributed by atoms with Gasteiger partial charge < -0.3 is 0 Å². The van der Waals surface area contributed by atoms with E-state index in [-0.39, 0.29) is 0 Å². The number of fused-ring (bicyclic) bond motifs is 2. The first-order chi connectivity index (χ1) is 15.2. The number of benzene rings is 4. The standard InChI is InChI=1S/C28H24N2S/c1-19-26(17-20-11-13-22-7-3-5-9-24(22)15-20)29-30-27(28(19)31-2)18-21-12-14-23-8-4-6-10-25(23)16-21/h3-16H,17-18H2,1-2H3. The fraction of sp³-hybridized carbons (Fsp3) is 0.143. The topological polar surface area (TPSA) is 25.8 Å². The molecule has 152 valence electrons. The van der Waals surface area contributed by atoms with Crippen molar-refractivity contribution in [2.45, 2.75) is 24.7 Å². The van der Waals surface area contributed by atoms with Crippen molar-refractivity contribution in [1.82, 2.24) is 10.2 Å². The molecular formula is C28H24N2S. The van der Waals surface area contributed by atoms with Crippen molar-refractivity contribution >= 4 is 33.3 Å². The van der Waals surface area contributed by atoms with Crippen LogP contribution in [0.15, 0.2) is 89.8 Å². The lowest BCUT2D eigenvalue weighted by molar-refractivity contribution is 0.829. The molecule has 0 radical (unpaired) electrons. The number of rotatable bonds is 5. The van der Waals surface area contributed by atoms with Gasteiger partial charge in [0.25, 0.3) is 0 Å². The predicted octanol–water partition coefficient (Wildman–Crippen LogP) is 6.99. The van der Waals surface area contributed by atoms with Crippen molar-refractivity contribution in [3.63, 3.8) is 0 Å². The van der Waals surface area contributed by atoms with Crippen LogP contribution in [0.2, 0.25) is 0 Å². The van der Waals surface area contributed by atoms with Crippen molar-refractivity contribution in [3.05, 3.63) is 113 Å². The van der Waals surface area contributed by atoms with E-state index in [0.717, 1.165) is 24.2 Å². The Morgan fingerprint density at radius 1 is 0.613 bits per heavy atom. The average molecular weight is 421 g/mol. The molecule has 5 rings (SSSR count). The minimum atomic E-state index is 0.797. The molecule has 2 nitrogen and oxygen atoms in total. The van der Waals surface area contributed by atoms with Gasteiger partial charge in [-0.25, -0.2) is 0 Å². The van der Waals surface area contributed by atoms with Gasteiger partial charge in [-0.3, -0.25) is 0 Å². The molecule has 0 saturated heterocycles. The van der Waals surface area contributed by atoms with Gasteiger partial charge in [-0.05, 0) is 51.4 Å². The summed E-state index contributed by atoms with van der Waals surface area (Å²) in [5, 5.41) is 14.4. The van der Waals surface area contributed by atoms with Gasteiger partial charge in [0.15, 0.2) is 0 Å². The van der Waals surface area contributed by atoms with Crippen LogP contribution >= 0.6 is 11.8 Å². The third-order valence-corrected chi connectivity index (χ3v) is 6.85. The molecule has 0 N–H and O–H groups in total. The SMILES string of the molecule is CSc1c(Cc2ccc3ccccc3c2)nnc(Cc2ccc3ccccc3c2)c1C. The maximum atomic E-state index is 4.67. The van der Waals surface area contributed by atoms with E-state index >= 15 is 0 Å². The summed E-state index contributed by atoms with van der Waals surface area (Å²) in [7, 11) is 0. The van der Waals surface area contributed by atoms with E-state index in [2.05, 4.69) is 108 Å². The maximum absolute atomic E-state index is 4.67. The van der Waals surface area contributed by atoms with E-state index in [0.29, 0.717) is 0 Å². The number of hydrogen-bond donors (Lipinski definition) is 0. The Balaban J connectivity index is 1.45. The van der Waals surface area contributed by atoms with Crippen LogP contribution in [0.25, 0.3) is 21.5 Å². The summed E-state index contributed by atoms with van der Waals surface area (Å²) in [4.78, 5) is 1.25. The molecule has 0 spiro atoms. The highest BCUT2D eigenvalue weighted by atomic mass is 32.2. The number of hydrogen-bond acceptors (Lipinski definition) is 3. The summed E-state index contributed by atoms with van der Waals surface area (Å²) in [5.41, 5.74) is 5.89. The summed E-state index contributed by atoms with van der Waals surface area (Å²) in [6.45, 7) is 2.18. The fourth-order valence-corrected chi connectivity index (χ4v) is 5.00. The van der Waals surface area contributed by atoms with Gasteiger partial charge >= 0.3 is 0 Å². The Kier molecular flexibility index (Phi) is 5.44. The Hall–Kier alpha value is -3.17. The molecule has 31 heavy (non-hydrogen) atoms. The normalized spacial score (nSPS) is 11.3. The highest BCUT2D eigenvalue weighted by molar-refractivity contribution is 7.98. The second kappa shape index (κ2) is 8.52. The van der Waals surface area contributed by atoms with Gasteiger partial charge in [-0.15, -0.1) is 11.8 Å². The smallest absolute Gasteiger partial charge is 0.0813 e. The van der Waals surface area contributed by atoms with Crippen LogP contribution in [0.5, 0.6) is 0 Å². The highest BCUT2D eigenvalue weighted by Gasteiger charge is 2.14. The van der Waals surface area contributed by atoms with Crippen LogP contribution in [0.4, 0.5) is 0 Å². The Morgan fingerprint density at radius 2 is 1.10 bits per heavy atom. The first-order valence-electron chi connectivity index (χ1n) is 10.6. The summed E-state index contributed by atoms with van der Waals surface area (Å²) in [6, 6.07) is 30.3. The Bertz CT molecular complexity index is 1390. The van der Waals surface area contributed by atoms with E-state index in [9.17, 15) is 0 Å². The second-order valence-corrected chi connectivity index (χ2v) is 8.78. The molecule has 0 aliphatic rings. The largest absolute Gasteiger partial charge is 0.155 e. The van der Waals surface area contributed by atoms with Gasteiger partial charge in [-0.2, -0.15) is 10.2 Å². The molecule has 4 aromatic carbocycles. The molecule has 3 heteroatoms.